The summed E-state index contributed by atoms with van der Waals surface area (Å²) in [4.78, 5) is 47.3. The Morgan fingerprint density at radius 1 is 1.00 bits per heavy atom. The summed E-state index contributed by atoms with van der Waals surface area (Å²) in [5, 5.41) is 3.03. The van der Waals surface area contributed by atoms with E-state index in [-0.39, 0.29) is 29.7 Å². The van der Waals surface area contributed by atoms with E-state index in [0.29, 0.717) is 17.2 Å². The average molecular weight is 613 g/mol. The molecule has 2 aromatic carbocycles. The van der Waals surface area contributed by atoms with Crippen LogP contribution in [0.3, 0.4) is 0 Å². The second-order valence-electron chi connectivity index (χ2n) is 12.7. The van der Waals surface area contributed by atoms with Gasteiger partial charge in [-0.15, -0.1) is 0 Å². The number of ether oxygens (including phenoxy) is 1. The van der Waals surface area contributed by atoms with Crippen LogP contribution in [0.1, 0.15) is 58.5 Å². The molecule has 0 saturated carbocycles. The normalized spacial score (nSPS) is 16.2. The third-order valence-electron chi connectivity index (χ3n) is 9.66. The van der Waals surface area contributed by atoms with Crippen LogP contribution < -0.4 is 21.5 Å². The minimum atomic E-state index is -0.230. The molecule has 2 aliphatic heterocycles. The van der Waals surface area contributed by atoms with Gasteiger partial charge in [-0.3, -0.25) is 18.7 Å². The zero-order chi connectivity index (χ0) is 32.0. The van der Waals surface area contributed by atoms with Crippen LogP contribution in [0.4, 0.5) is 5.69 Å². The van der Waals surface area contributed by atoms with E-state index >= 15 is 0 Å². The Balaban J connectivity index is 1.43. The molecule has 6 rings (SSSR count). The van der Waals surface area contributed by atoms with Gasteiger partial charge in [0.2, 0.25) is 0 Å². The molecule has 1 amide bonds. The highest BCUT2D eigenvalue weighted by Crippen LogP contribution is 2.35. The highest BCUT2D eigenvalue weighted by Gasteiger charge is 2.29. The fourth-order valence-electron chi connectivity index (χ4n) is 7.11. The number of aromatic amines is 1. The molecule has 0 unspecified atom stereocenters. The summed E-state index contributed by atoms with van der Waals surface area (Å²) in [6, 6.07) is 12.7. The minimum Gasteiger partial charge on any atom is -0.381 e. The number of imidazole rings is 1. The summed E-state index contributed by atoms with van der Waals surface area (Å²) in [6.45, 7) is 12.0. The van der Waals surface area contributed by atoms with Gasteiger partial charge in [0.25, 0.3) is 11.5 Å². The molecule has 0 radical (unpaired) electrons. The smallest absolute Gasteiger partial charge is 0.329 e. The first-order chi connectivity index (χ1) is 21.6. The molecule has 4 heterocycles. The molecule has 0 atom stereocenters. The van der Waals surface area contributed by atoms with Crippen LogP contribution in [0.2, 0.25) is 0 Å². The van der Waals surface area contributed by atoms with Gasteiger partial charge in [-0.05, 0) is 100 Å². The fourth-order valence-corrected chi connectivity index (χ4v) is 7.11. The number of anilines is 1. The van der Waals surface area contributed by atoms with E-state index in [0.717, 1.165) is 90.4 Å². The predicted molar refractivity (Wildman–Crippen MR) is 178 cm³/mol. The van der Waals surface area contributed by atoms with E-state index in [9.17, 15) is 14.4 Å². The van der Waals surface area contributed by atoms with Crippen LogP contribution in [0, 0.1) is 20.8 Å². The molecule has 238 valence electrons. The number of fused-ring (bicyclic) bond motifs is 1. The highest BCUT2D eigenvalue weighted by atomic mass is 16.5. The molecule has 45 heavy (non-hydrogen) atoms. The van der Waals surface area contributed by atoms with E-state index < -0.39 is 0 Å². The first-order valence-electron chi connectivity index (χ1n) is 15.9. The van der Waals surface area contributed by atoms with Crippen molar-refractivity contribution in [3.63, 3.8) is 0 Å². The molecular weight excluding hydrogens is 568 g/mol. The summed E-state index contributed by atoms with van der Waals surface area (Å²) in [5.41, 5.74) is 8.10. The molecule has 0 aliphatic carbocycles. The van der Waals surface area contributed by atoms with E-state index in [2.05, 4.69) is 52.3 Å². The number of aryl methyl sites for hydroxylation is 3. The van der Waals surface area contributed by atoms with E-state index in [1.807, 2.05) is 50.6 Å². The van der Waals surface area contributed by atoms with Crippen molar-refractivity contribution in [2.75, 3.05) is 44.8 Å². The maximum absolute atomic E-state index is 13.9. The molecular formula is C35H44N6O4. The summed E-state index contributed by atoms with van der Waals surface area (Å²) >= 11 is 0. The number of nitrogens with one attached hydrogen (secondary N) is 2. The summed E-state index contributed by atoms with van der Waals surface area (Å²) < 4.78 is 9.30. The molecule has 2 fully saturated rings. The SMILES string of the molecule is CCN(c1cc(-c2ccc3c(c2)n(C)c(=O)n3C2CN(C)C2)cc(C(=O)NCc2c(C)cc(C)[nH]c2=O)c1C)C1CCOCC1. The number of likely N-dealkylation sites (N-methyl/N-ethyl adjacent to an activating group) is 1. The molecule has 2 aliphatic rings. The van der Waals surface area contributed by atoms with Gasteiger partial charge in [-0.25, -0.2) is 4.79 Å². The van der Waals surface area contributed by atoms with Crippen molar-refractivity contribution in [1.29, 1.82) is 0 Å². The van der Waals surface area contributed by atoms with Crippen molar-refractivity contribution in [2.24, 2.45) is 7.05 Å². The van der Waals surface area contributed by atoms with Crippen molar-refractivity contribution in [3.8, 4) is 11.1 Å². The second kappa shape index (κ2) is 12.3. The summed E-state index contributed by atoms with van der Waals surface area (Å²) in [6.07, 6.45) is 1.85. The number of aromatic nitrogens is 3. The Bertz CT molecular complexity index is 1870. The first-order valence-corrected chi connectivity index (χ1v) is 15.9. The average Bonchev–Trinajstić information content (AvgIpc) is 3.25. The number of hydrogen-bond acceptors (Lipinski definition) is 6. The van der Waals surface area contributed by atoms with Crippen molar-refractivity contribution in [3.05, 3.63) is 85.2 Å². The monoisotopic (exact) mass is 612 g/mol. The number of carbonyl (C=O) groups is 1. The maximum Gasteiger partial charge on any atom is 0.329 e. The Morgan fingerprint density at radius 2 is 1.73 bits per heavy atom. The predicted octanol–water partition coefficient (Wildman–Crippen LogP) is 4.04. The molecule has 10 nitrogen and oxygen atoms in total. The largest absolute Gasteiger partial charge is 0.381 e. The van der Waals surface area contributed by atoms with Gasteiger partial charge < -0.3 is 24.8 Å². The lowest BCUT2D eigenvalue weighted by Gasteiger charge is -2.37. The maximum atomic E-state index is 13.9. The number of H-pyrrole nitrogens is 1. The number of pyridine rings is 1. The van der Waals surface area contributed by atoms with Crippen LogP contribution in [0.25, 0.3) is 22.2 Å². The van der Waals surface area contributed by atoms with Crippen molar-refractivity contribution in [1.82, 2.24) is 24.3 Å². The molecule has 2 N–H and O–H groups in total. The van der Waals surface area contributed by atoms with Gasteiger partial charge in [0, 0.05) is 75.0 Å². The lowest BCUT2D eigenvalue weighted by Crippen LogP contribution is -2.47. The third-order valence-corrected chi connectivity index (χ3v) is 9.66. The van der Waals surface area contributed by atoms with Crippen molar-refractivity contribution in [2.45, 2.75) is 59.2 Å². The number of carbonyl (C=O) groups excluding carboxylic acids is 1. The zero-order valence-electron chi connectivity index (χ0n) is 27.2. The van der Waals surface area contributed by atoms with E-state index in [4.69, 9.17) is 4.74 Å². The number of hydrogen-bond donors (Lipinski definition) is 2. The van der Waals surface area contributed by atoms with Crippen LogP contribution in [0.15, 0.2) is 46.0 Å². The minimum absolute atomic E-state index is 0.0111. The standard InChI is InChI=1S/C35H44N6O4/c1-7-40(26-10-12-45-13-11-26)31-17-25(15-28(23(31)4)33(42)36-18-29-21(2)14-22(3)37-34(29)43)24-8-9-30-32(16-24)39(6)35(44)41(30)27-19-38(5)20-27/h8-9,14-17,26-27H,7,10-13,18-20H2,1-6H3,(H,36,42)(H,37,43). The van der Waals surface area contributed by atoms with Gasteiger partial charge in [0.1, 0.15) is 0 Å². The summed E-state index contributed by atoms with van der Waals surface area (Å²) in [7, 11) is 3.89. The lowest BCUT2D eigenvalue weighted by molar-refractivity contribution is 0.0846. The van der Waals surface area contributed by atoms with Crippen molar-refractivity contribution < 1.29 is 9.53 Å². The number of amides is 1. The van der Waals surface area contributed by atoms with Crippen LogP contribution in [0.5, 0.6) is 0 Å². The molecule has 2 saturated heterocycles. The first kappa shape index (κ1) is 30.9. The van der Waals surface area contributed by atoms with Crippen molar-refractivity contribution >= 4 is 22.6 Å². The zero-order valence-corrected chi connectivity index (χ0v) is 27.2. The number of rotatable bonds is 8. The lowest BCUT2D eigenvalue weighted by atomic mass is 9.95. The Hall–Kier alpha value is -4.15. The van der Waals surface area contributed by atoms with Crippen LogP contribution >= 0.6 is 0 Å². The quantitative estimate of drug-likeness (QED) is 0.311. The van der Waals surface area contributed by atoms with Crippen LogP contribution in [-0.4, -0.2) is 70.9 Å². The Morgan fingerprint density at radius 3 is 2.40 bits per heavy atom. The van der Waals surface area contributed by atoms with Gasteiger partial charge in [-0.2, -0.15) is 0 Å². The fraction of sp³-hybridized carbons (Fsp3) is 0.457. The van der Waals surface area contributed by atoms with E-state index in [1.165, 1.54) is 0 Å². The number of nitrogens with zero attached hydrogens (tertiary/aromatic N) is 4. The summed E-state index contributed by atoms with van der Waals surface area (Å²) in [5.74, 6) is -0.230. The molecule has 4 aromatic rings. The van der Waals surface area contributed by atoms with Gasteiger partial charge in [0.15, 0.2) is 0 Å². The topological polar surface area (TPSA) is 105 Å². The number of benzene rings is 2. The molecule has 2 aromatic heterocycles. The van der Waals surface area contributed by atoms with Gasteiger partial charge in [0.05, 0.1) is 17.1 Å². The molecule has 0 bridgehead atoms. The molecule has 0 spiro atoms. The van der Waals surface area contributed by atoms with E-state index in [1.54, 1.807) is 4.57 Å². The van der Waals surface area contributed by atoms with Gasteiger partial charge in [-0.1, -0.05) is 6.07 Å². The highest BCUT2D eigenvalue weighted by molar-refractivity contribution is 5.99. The van der Waals surface area contributed by atoms with Crippen LogP contribution in [-0.2, 0) is 18.3 Å². The second-order valence-corrected chi connectivity index (χ2v) is 12.7. The Labute approximate surface area is 263 Å². The third kappa shape index (κ3) is 5.73. The number of likely N-dealkylation sites (tertiary alicyclic amines) is 1. The molecule has 10 heteroatoms. The Kier molecular flexibility index (Phi) is 8.45. The van der Waals surface area contributed by atoms with Gasteiger partial charge >= 0.3 is 5.69 Å².